The average molecular weight is 241 g/mol. The Morgan fingerprint density at radius 1 is 1.00 bits per heavy atom. The molecule has 0 spiro atoms. The van der Waals surface area contributed by atoms with Crippen LogP contribution in [0.5, 0.6) is 5.75 Å². The number of hydrogen-bond donors (Lipinski definition) is 2. The number of nitrogens with one attached hydrogen (secondary N) is 1. The summed E-state index contributed by atoms with van der Waals surface area (Å²) in [7, 11) is 0. The Balaban J connectivity index is 2.16. The molecule has 0 aliphatic carbocycles. The van der Waals surface area contributed by atoms with E-state index >= 15 is 0 Å². The van der Waals surface area contributed by atoms with Crippen molar-refractivity contribution in [2.45, 2.75) is 26.8 Å². The predicted molar refractivity (Wildman–Crippen MR) is 76.1 cm³/mol. The monoisotopic (exact) mass is 241 g/mol. The first kappa shape index (κ1) is 12.5. The molecule has 2 aromatic rings. The van der Waals surface area contributed by atoms with Crippen molar-refractivity contribution in [3.63, 3.8) is 0 Å². The van der Waals surface area contributed by atoms with Gasteiger partial charge in [-0.3, -0.25) is 0 Å². The maximum Gasteiger partial charge on any atom is 0.115 e. The van der Waals surface area contributed by atoms with Gasteiger partial charge in [0.1, 0.15) is 5.75 Å². The Labute approximate surface area is 108 Å². The fourth-order valence-corrected chi connectivity index (χ4v) is 1.96. The van der Waals surface area contributed by atoms with Crippen LogP contribution in [-0.4, -0.2) is 5.11 Å². The summed E-state index contributed by atoms with van der Waals surface area (Å²) in [6, 6.07) is 13.9. The van der Waals surface area contributed by atoms with E-state index in [1.165, 1.54) is 11.1 Å². The van der Waals surface area contributed by atoms with Crippen molar-refractivity contribution in [1.29, 1.82) is 0 Å². The first-order valence-electron chi connectivity index (χ1n) is 6.19. The van der Waals surface area contributed by atoms with Crippen LogP contribution in [0.25, 0.3) is 0 Å². The van der Waals surface area contributed by atoms with E-state index in [9.17, 15) is 5.11 Å². The molecule has 0 saturated carbocycles. The van der Waals surface area contributed by atoms with Gasteiger partial charge in [-0.25, -0.2) is 0 Å². The Hall–Kier alpha value is -1.96. The highest BCUT2D eigenvalue weighted by Gasteiger charge is 2.06. The van der Waals surface area contributed by atoms with Crippen molar-refractivity contribution < 1.29 is 5.11 Å². The van der Waals surface area contributed by atoms with Crippen LogP contribution in [0.1, 0.15) is 29.7 Å². The second-order valence-electron chi connectivity index (χ2n) is 4.76. The number of aromatic hydroxyl groups is 1. The van der Waals surface area contributed by atoms with Crippen molar-refractivity contribution >= 4 is 5.69 Å². The SMILES string of the molecule is Cc1ccc(NC(C)c2cccc(O)c2)cc1C. The molecular formula is C16H19NO. The molecule has 0 amide bonds. The number of benzene rings is 2. The topological polar surface area (TPSA) is 32.3 Å². The van der Waals surface area contributed by atoms with Gasteiger partial charge in [-0.2, -0.15) is 0 Å². The largest absolute Gasteiger partial charge is 0.508 e. The lowest BCUT2D eigenvalue weighted by Crippen LogP contribution is -2.06. The maximum atomic E-state index is 9.48. The third-order valence-corrected chi connectivity index (χ3v) is 3.26. The lowest BCUT2D eigenvalue weighted by Gasteiger charge is -2.16. The molecule has 0 aromatic heterocycles. The third kappa shape index (κ3) is 2.83. The average Bonchev–Trinajstić information content (AvgIpc) is 2.34. The van der Waals surface area contributed by atoms with Gasteiger partial charge in [0, 0.05) is 11.7 Å². The van der Waals surface area contributed by atoms with E-state index in [1.807, 2.05) is 12.1 Å². The van der Waals surface area contributed by atoms with E-state index in [1.54, 1.807) is 12.1 Å². The second kappa shape index (κ2) is 5.13. The van der Waals surface area contributed by atoms with Crippen molar-refractivity contribution in [2.24, 2.45) is 0 Å². The van der Waals surface area contributed by atoms with Gasteiger partial charge in [0.2, 0.25) is 0 Å². The Kier molecular flexibility index (Phi) is 3.56. The molecule has 0 fully saturated rings. The molecule has 18 heavy (non-hydrogen) atoms. The molecule has 94 valence electrons. The minimum Gasteiger partial charge on any atom is -0.508 e. The van der Waals surface area contributed by atoms with E-state index in [0.29, 0.717) is 5.75 Å². The molecule has 0 radical (unpaired) electrons. The molecule has 2 rings (SSSR count). The second-order valence-corrected chi connectivity index (χ2v) is 4.76. The molecule has 1 atom stereocenters. The quantitative estimate of drug-likeness (QED) is 0.844. The van der Waals surface area contributed by atoms with Crippen LogP contribution in [0.4, 0.5) is 5.69 Å². The van der Waals surface area contributed by atoms with E-state index in [2.05, 4.69) is 44.3 Å². The van der Waals surface area contributed by atoms with Crippen LogP contribution in [0.3, 0.4) is 0 Å². The molecular weight excluding hydrogens is 222 g/mol. The minimum absolute atomic E-state index is 0.166. The van der Waals surface area contributed by atoms with Crippen LogP contribution >= 0.6 is 0 Å². The summed E-state index contributed by atoms with van der Waals surface area (Å²) in [5.74, 6) is 0.307. The van der Waals surface area contributed by atoms with Crippen molar-refractivity contribution in [3.8, 4) is 5.75 Å². The van der Waals surface area contributed by atoms with Gasteiger partial charge in [-0.05, 0) is 61.7 Å². The molecule has 0 heterocycles. The van der Waals surface area contributed by atoms with E-state index in [-0.39, 0.29) is 6.04 Å². The molecule has 0 saturated heterocycles. The highest BCUT2D eigenvalue weighted by Crippen LogP contribution is 2.23. The Bertz CT molecular complexity index is 549. The molecule has 0 aliphatic rings. The standard InChI is InChI=1S/C16H19NO/c1-11-7-8-15(9-12(11)2)17-13(3)14-5-4-6-16(18)10-14/h4-10,13,17-18H,1-3H3. The van der Waals surface area contributed by atoms with Gasteiger partial charge in [0.15, 0.2) is 0 Å². The normalized spacial score (nSPS) is 12.2. The summed E-state index contributed by atoms with van der Waals surface area (Å²) in [6.45, 7) is 6.31. The fourth-order valence-electron chi connectivity index (χ4n) is 1.96. The van der Waals surface area contributed by atoms with Crippen LogP contribution < -0.4 is 5.32 Å². The summed E-state index contributed by atoms with van der Waals surface area (Å²) < 4.78 is 0. The summed E-state index contributed by atoms with van der Waals surface area (Å²) in [5, 5.41) is 12.9. The molecule has 1 unspecified atom stereocenters. The number of rotatable bonds is 3. The lowest BCUT2D eigenvalue weighted by molar-refractivity contribution is 0.474. The van der Waals surface area contributed by atoms with E-state index < -0.39 is 0 Å². The minimum atomic E-state index is 0.166. The summed E-state index contributed by atoms with van der Waals surface area (Å²) >= 11 is 0. The van der Waals surface area contributed by atoms with Gasteiger partial charge in [-0.15, -0.1) is 0 Å². The third-order valence-electron chi connectivity index (χ3n) is 3.26. The number of anilines is 1. The number of hydrogen-bond acceptors (Lipinski definition) is 2. The summed E-state index contributed by atoms with van der Waals surface area (Å²) in [4.78, 5) is 0. The number of aryl methyl sites for hydroxylation is 2. The van der Waals surface area contributed by atoms with E-state index in [4.69, 9.17) is 0 Å². The Morgan fingerprint density at radius 2 is 1.78 bits per heavy atom. The zero-order valence-corrected chi connectivity index (χ0v) is 11.1. The lowest BCUT2D eigenvalue weighted by atomic mass is 10.1. The zero-order valence-electron chi connectivity index (χ0n) is 11.1. The predicted octanol–water partition coefficient (Wildman–Crippen LogP) is 4.18. The van der Waals surface area contributed by atoms with Crippen LogP contribution in [0, 0.1) is 13.8 Å². The summed E-state index contributed by atoms with van der Waals surface area (Å²) in [6.07, 6.45) is 0. The van der Waals surface area contributed by atoms with Gasteiger partial charge < -0.3 is 10.4 Å². The van der Waals surface area contributed by atoms with Crippen LogP contribution in [0.2, 0.25) is 0 Å². The fraction of sp³-hybridized carbons (Fsp3) is 0.250. The van der Waals surface area contributed by atoms with Crippen molar-refractivity contribution in [3.05, 3.63) is 59.2 Å². The molecule has 2 heteroatoms. The first-order valence-corrected chi connectivity index (χ1v) is 6.19. The van der Waals surface area contributed by atoms with Crippen LogP contribution in [-0.2, 0) is 0 Å². The molecule has 2 N–H and O–H groups in total. The molecule has 0 aliphatic heterocycles. The van der Waals surface area contributed by atoms with Gasteiger partial charge in [-0.1, -0.05) is 18.2 Å². The molecule has 0 bridgehead atoms. The molecule has 2 aromatic carbocycles. The maximum absolute atomic E-state index is 9.48. The Morgan fingerprint density at radius 3 is 2.44 bits per heavy atom. The summed E-state index contributed by atoms with van der Waals surface area (Å²) in [5.41, 5.74) is 4.76. The smallest absolute Gasteiger partial charge is 0.115 e. The van der Waals surface area contributed by atoms with Gasteiger partial charge in [0.05, 0.1) is 0 Å². The van der Waals surface area contributed by atoms with Crippen molar-refractivity contribution in [2.75, 3.05) is 5.32 Å². The molecule has 2 nitrogen and oxygen atoms in total. The van der Waals surface area contributed by atoms with Gasteiger partial charge >= 0.3 is 0 Å². The first-order chi connectivity index (χ1) is 8.56. The van der Waals surface area contributed by atoms with Gasteiger partial charge in [0.25, 0.3) is 0 Å². The van der Waals surface area contributed by atoms with Crippen LogP contribution in [0.15, 0.2) is 42.5 Å². The highest BCUT2D eigenvalue weighted by atomic mass is 16.3. The zero-order chi connectivity index (χ0) is 13.1. The highest BCUT2D eigenvalue weighted by molar-refractivity contribution is 5.50. The number of phenols is 1. The van der Waals surface area contributed by atoms with E-state index in [0.717, 1.165) is 11.3 Å². The number of phenolic OH excluding ortho intramolecular Hbond substituents is 1. The van der Waals surface area contributed by atoms with Crippen molar-refractivity contribution in [1.82, 2.24) is 0 Å².